The summed E-state index contributed by atoms with van der Waals surface area (Å²) in [5, 5.41) is 22.8. The first-order valence-corrected chi connectivity index (χ1v) is 13.5. The molecule has 4 atom stereocenters. The van der Waals surface area contributed by atoms with E-state index in [1.165, 1.54) is 6.33 Å². The number of hydrogen-bond donors (Lipinski definition) is 3. The van der Waals surface area contributed by atoms with Gasteiger partial charge in [-0.05, 0) is 47.0 Å². The molecule has 0 spiro atoms. The average molecular weight is 569 g/mol. The van der Waals surface area contributed by atoms with Crippen LogP contribution in [-0.2, 0) is 15.1 Å². The lowest BCUT2D eigenvalue weighted by atomic mass is 9.80. The number of methoxy groups -OCH3 is 2. The quantitative estimate of drug-likeness (QED) is 0.228. The Morgan fingerprint density at radius 1 is 0.810 bits per heavy atom. The molecule has 10 nitrogen and oxygen atoms in total. The minimum absolute atomic E-state index is 0.0436. The van der Waals surface area contributed by atoms with Crippen LogP contribution in [0.5, 0.6) is 11.5 Å². The summed E-state index contributed by atoms with van der Waals surface area (Å²) in [4.78, 5) is 8.34. The summed E-state index contributed by atoms with van der Waals surface area (Å²) in [6, 6.07) is 26.9. The molecule has 1 aliphatic rings. The molecule has 0 aliphatic carbocycles. The van der Waals surface area contributed by atoms with Gasteiger partial charge in [0.05, 0.1) is 26.2 Å². The van der Waals surface area contributed by atoms with Crippen LogP contribution < -0.4 is 15.2 Å². The highest BCUT2D eigenvalue weighted by atomic mass is 16.6. The molecule has 216 valence electrons. The second kappa shape index (κ2) is 11.4. The van der Waals surface area contributed by atoms with Crippen molar-refractivity contribution in [2.75, 3.05) is 26.6 Å². The zero-order valence-corrected chi connectivity index (χ0v) is 23.2. The lowest BCUT2D eigenvalue weighted by molar-refractivity contribution is -0.0941. The third kappa shape index (κ3) is 4.74. The van der Waals surface area contributed by atoms with Gasteiger partial charge < -0.3 is 39.5 Å². The number of nitrogens with zero attached hydrogens (tertiary/aromatic N) is 3. The largest absolute Gasteiger partial charge is 0.497 e. The SMILES string of the molecule is COc1ccc(C(OC[C@H]2O[C@@H](n3ccc4c(N)ncnc43)[C@H](O)[C@@H]2O)(c2ccccc2)c2ccc(OC)cc2)cc1. The first kappa shape index (κ1) is 27.7. The number of anilines is 1. The van der Waals surface area contributed by atoms with Gasteiger partial charge in [-0.1, -0.05) is 54.6 Å². The van der Waals surface area contributed by atoms with Crippen LogP contribution in [0.15, 0.2) is 97.5 Å². The van der Waals surface area contributed by atoms with E-state index in [1.807, 2.05) is 78.9 Å². The fraction of sp³-hybridized carbons (Fsp3) is 0.250. The summed E-state index contributed by atoms with van der Waals surface area (Å²) < 4.78 is 25.6. The number of fused-ring (bicyclic) bond motifs is 1. The van der Waals surface area contributed by atoms with E-state index in [1.54, 1.807) is 31.0 Å². The maximum absolute atomic E-state index is 11.1. The minimum Gasteiger partial charge on any atom is -0.497 e. The second-order valence-corrected chi connectivity index (χ2v) is 10.1. The standard InChI is InChI=1S/C32H32N4O6/c1-39-23-12-8-21(9-13-23)32(20-6-4-3-5-7-20,22-10-14-24(40-2)15-11-22)41-18-26-27(37)28(38)31(42-26)36-17-16-25-29(33)34-19-35-30(25)36/h3-17,19,26-28,31,37-38H,18H2,1-2H3,(H2,33,34,35)/t26-,27-,28-,31-/m1/s1. The molecule has 2 aromatic heterocycles. The molecular weight excluding hydrogens is 536 g/mol. The first-order valence-electron chi connectivity index (χ1n) is 13.5. The number of benzene rings is 3. The van der Waals surface area contributed by atoms with Crippen LogP contribution in [0.2, 0.25) is 0 Å². The molecule has 1 fully saturated rings. The number of nitrogens with two attached hydrogens (primary N) is 1. The average Bonchev–Trinajstić information content (AvgIpc) is 3.59. The highest BCUT2D eigenvalue weighted by molar-refractivity contribution is 5.86. The highest BCUT2D eigenvalue weighted by Gasteiger charge is 2.46. The fourth-order valence-corrected chi connectivity index (χ4v) is 5.57. The van der Waals surface area contributed by atoms with E-state index < -0.39 is 30.1 Å². The molecule has 0 radical (unpaired) electrons. The van der Waals surface area contributed by atoms with Crippen molar-refractivity contribution in [2.45, 2.75) is 30.1 Å². The van der Waals surface area contributed by atoms with E-state index >= 15 is 0 Å². The smallest absolute Gasteiger partial charge is 0.164 e. The Morgan fingerprint density at radius 2 is 1.40 bits per heavy atom. The van der Waals surface area contributed by atoms with Crippen molar-refractivity contribution >= 4 is 16.9 Å². The third-order valence-electron chi connectivity index (χ3n) is 7.79. The van der Waals surface area contributed by atoms with Crippen molar-refractivity contribution in [3.8, 4) is 11.5 Å². The summed E-state index contributed by atoms with van der Waals surface area (Å²) in [5.41, 5.74) is 7.94. The van der Waals surface area contributed by atoms with Crippen LogP contribution in [0.4, 0.5) is 5.82 Å². The van der Waals surface area contributed by atoms with Gasteiger partial charge in [0.15, 0.2) is 6.23 Å². The Bertz CT molecular complexity index is 1590. The molecule has 1 saturated heterocycles. The third-order valence-corrected chi connectivity index (χ3v) is 7.79. The summed E-state index contributed by atoms with van der Waals surface area (Å²) >= 11 is 0. The minimum atomic E-state index is -1.24. The summed E-state index contributed by atoms with van der Waals surface area (Å²) in [5.74, 6) is 1.73. The normalized spacial score (nSPS) is 20.6. The molecule has 5 aromatic rings. The van der Waals surface area contributed by atoms with E-state index in [9.17, 15) is 10.2 Å². The van der Waals surface area contributed by atoms with Crippen molar-refractivity contribution in [1.29, 1.82) is 0 Å². The van der Waals surface area contributed by atoms with Gasteiger partial charge in [-0.3, -0.25) is 0 Å². The van der Waals surface area contributed by atoms with E-state index in [2.05, 4.69) is 9.97 Å². The molecule has 1 aliphatic heterocycles. The molecule has 42 heavy (non-hydrogen) atoms. The zero-order valence-electron chi connectivity index (χ0n) is 23.2. The molecule has 0 bridgehead atoms. The van der Waals surface area contributed by atoms with Crippen LogP contribution >= 0.6 is 0 Å². The Hall–Kier alpha value is -4.48. The fourth-order valence-electron chi connectivity index (χ4n) is 5.57. The Morgan fingerprint density at radius 3 is 2.00 bits per heavy atom. The molecule has 0 amide bonds. The lowest BCUT2D eigenvalue weighted by Gasteiger charge is -2.37. The zero-order chi connectivity index (χ0) is 29.3. The van der Waals surface area contributed by atoms with Gasteiger partial charge in [-0.2, -0.15) is 0 Å². The van der Waals surface area contributed by atoms with Crippen molar-refractivity contribution in [3.05, 3.63) is 114 Å². The summed E-state index contributed by atoms with van der Waals surface area (Å²) in [7, 11) is 3.24. The number of aliphatic hydroxyl groups excluding tert-OH is 2. The van der Waals surface area contributed by atoms with Gasteiger partial charge in [0.1, 0.15) is 53.2 Å². The van der Waals surface area contributed by atoms with Crippen molar-refractivity contribution in [2.24, 2.45) is 0 Å². The molecule has 0 unspecified atom stereocenters. The van der Waals surface area contributed by atoms with E-state index in [-0.39, 0.29) is 6.61 Å². The van der Waals surface area contributed by atoms with Crippen LogP contribution in [0.25, 0.3) is 11.0 Å². The summed E-state index contributed by atoms with van der Waals surface area (Å²) in [6.45, 7) is -0.0436. The van der Waals surface area contributed by atoms with Gasteiger partial charge in [-0.15, -0.1) is 0 Å². The highest BCUT2D eigenvalue weighted by Crippen LogP contribution is 2.43. The Balaban J connectivity index is 1.39. The molecule has 0 saturated carbocycles. The molecule has 3 heterocycles. The van der Waals surface area contributed by atoms with Gasteiger partial charge in [0.25, 0.3) is 0 Å². The number of hydrogen-bond acceptors (Lipinski definition) is 9. The molecule has 10 heteroatoms. The molecule has 4 N–H and O–H groups in total. The number of aromatic nitrogens is 3. The number of rotatable bonds is 9. The van der Waals surface area contributed by atoms with Crippen LogP contribution in [0.3, 0.4) is 0 Å². The van der Waals surface area contributed by atoms with Crippen molar-refractivity contribution < 1.29 is 29.2 Å². The number of ether oxygens (including phenoxy) is 4. The second-order valence-electron chi connectivity index (χ2n) is 10.1. The first-order chi connectivity index (χ1) is 20.5. The molecule has 6 rings (SSSR count). The number of nitrogen functional groups attached to an aromatic ring is 1. The topological polar surface area (TPSA) is 134 Å². The monoisotopic (exact) mass is 568 g/mol. The summed E-state index contributed by atoms with van der Waals surface area (Å²) in [6.07, 6.45) is -1.17. The van der Waals surface area contributed by atoms with Crippen molar-refractivity contribution in [3.63, 3.8) is 0 Å². The van der Waals surface area contributed by atoms with E-state index in [0.717, 1.165) is 16.7 Å². The Kier molecular flexibility index (Phi) is 7.53. The maximum Gasteiger partial charge on any atom is 0.164 e. The lowest BCUT2D eigenvalue weighted by Crippen LogP contribution is -2.39. The van der Waals surface area contributed by atoms with Gasteiger partial charge >= 0.3 is 0 Å². The van der Waals surface area contributed by atoms with Gasteiger partial charge in [-0.25, -0.2) is 9.97 Å². The predicted octanol–water partition coefficient (Wildman–Crippen LogP) is 3.66. The molecule has 3 aromatic carbocycles. The van der Waals surface area contributed by atoms with Crippen LogP contribution in [-0.4, -0.2) is 63.9 Å². The molecular formula is C32H32N4O6. The van der Waals surface area contributed by atoms with E-state index in [4.69, 9.17) is 24.7 Å². The van der Waals surface area contributed by atoms with Gasteiger partial charge in [0, 0.05) is 6.20 Å². The van der Waals surface area contributed by atoms with Crippen molar-refractivity contribution in [1.82, 2.24) is 14.5 Å². The number of aliphatic hydroxyl groups is 2. The van der Waals surface area contributed by atoms with Gasteiger partial charge in [0.2, 0.25) is 0 Å². The van der Waals surface area contributed by atoms with E-state index in [0.29, 0.717) is 28.4 Å². The predicted molar refractivity (Wildman–Crippen MR) is 156 cm³/mol. The van der Waals surface area contributed by atoms with Crippen LogP contribution in [0, 0.1) is 0 Å². The maximum atomic E-state index is 11.1. The Labute approximate surface area is 242 Å². The van der Waals surface area contributed by atoms with Crippen LogP contribution in [0.1, 0.15) is 22.9 Å².